The van der Waals surface area contributed by atoms with Crippen molar-refractivity contribution in [3.05, 3.63) is 48.0 Å². The van der Waals surface area contributed by atoms with E-state index in [1.54, 1.807) is 45.0 Å². The molecule has 0 saturated carbocycles. The molecule has 0 radical (unpaired) electrons. The highest BCUT2D eigenvalue weighted by Crippen LogP contribution is 2.32. The summed E-state index contributed by atoms with van der Waals surface area (Å²) >= 11 is 0.782. The van der Waals surface area contributed by atoms with Crippen molar-refractivity contribution < 1.29 is 28.7 Å². The van der Waals surface area contributed by atoms with Crippen LogP contribution in [0.3, 0.4) is 0 Å². The minimum absolute atomic E-state index is 0.275. The molecule has 8 nitrogen and oxygen atoms in total. The second kappa shape index (κ2) is 8.47. The van der Waals surface area contributed by atoms with E-state index in [2.05, 4.69) is 11.9 Å². The lowest BCUT2D eigenvalue weighted by atomic mass is 10.1. The van der Waals surface area contributed by atoms with E-state index >= 15 is 0 Å². The van der Waals surface area contributed by atoms with Crippen LogP contribution in [0.1, 0.15) is 41.5 Å². The van der Waals surface area contributed by atoms with Crippen molar-refractivity contribution in [1.29, 1.82) is 0 Å². The van der Waals surface area contributed by atoms with Crippen LogP contribution in [-0.2, 0) is 14.3 Å². The second-order valence-electron chi connectivity index (χ2n) is 6.90. The maximum atomic E-state index is 12.6. The van der Waals surface area contributed by atoms with Gasteiger partial charge >= 0.3 is 12.1 Å². The van der Waals surface area contributed by atoms with Gasteiger partial charge in [-0.25, -0.2) is 13.9 Å². The first-order chi connectivity index (χ1) is 13.1. The Hall–Kier alpha value is -2.81. The Labute approximate surface area is 167 Å². The molecular weight excluding hydrogens is 384 g/mol. The Morgan fingerprint density at radius 2 is 1.71 bits per heavy atom. The number of nitrogens with zero attached hydrogens (tertiary/aromatic N) is 1. The van der Waals surface area contributed by atoms with E-state index in [4.69, 9.17) is 9.47 Å². The van der Waals surface area contributed by atoms with Gasteiger partial charge in [0.15, 0.2) is 0 Å². The molecule has 1 heterocycles. The fraction of sp³-hybridized carbons (Fsp3) is 0.368. The van der Waals surface area contributed by atoms with Crippen LogP contribution in [0.5, 0.6) is 0 Å². The molecule has 1 aliphatic heterocycles. The number of hydrogen-bond donors (Lipinski definition) is 1. The third kappa shape index (κ3) is 4.72. The number of alkyl carbamates (subject to hydrolysis) is 1. The number of benzene rings is 1. The van der Waals surface area contributed by atoms with E-state index in [0.29, 0.717) is 0 Å². The third-order valence-electron chi connectivity index (χ3n) is 3.67. The average Bonchev–Trinajstić information content (AvgIpc) is 2.87. The van der Waals surface area contributed by atoms with Crippen LogP contribution in [0.15, 0.2) is 36.9 Å². The number of esters is 1. The Kier molecular flexibility index (Phi) is 6.50. The van der Waals surface area contributed by atoms with Crippen molar-refractivity contribution in [3.8, 4) is 0 Å². The van der Waals surface area contributed by atoms with E-state index in [-0.39, 0.29) is 11.1 Å². The van der Waals surface area contributed by atoms with Gasteiger partial charge in [-0.2, -0.15) is 0 Å². The number of methoxy groups -OCH3 is 1. The summed E-state index contributed by atoms with van der Waals surface area (Å²) in [6.07, 6.45) is 0.519. The number of fused-ring (bicyclic) bond motifs is 1. The zero-order valence-electron chi connectivity index (χ0n) is 16.1. The SMILES string of the molecule is C=C[C@H](SN1C(=O)c2ccccc2C1=O)[C@@H](NC(=O)OC(C)(C)C)C(=O)OC. The molecule has 0 saturated heterocycles. The molecule has 0 spiro atoms. The number of carbonyl (C=O) groups excluding carboxylic acids is 4. The summed E-state index contributed by atoms with van der Waals surface area (Å²) < 4.78 is 10.9. The second-order valence-corrected chi connectivity index (χ2v) is 8.02. The maximum Gasteiger partial charge on any atom is 0.408 e. The lowest BCUT2D eigenvalue weighted by Gasteiger charge is -2.27. The summed E-state index contributed by atoms with van der Waals surface area (Å²) in [6, 6.07) is 5.20. The summed E-state index contributed by atoms with van der Waals surface area (Å²) in [5.74, 6) is -1.77. The average molecular weight is 406 g/mol. The van der Waals surface area contributed by atoms with Crippen molar-refractivity contribution in [3.63, 3.8) is 0 Å². The van der Waals surface area contributed by atoms with E-state index in [1.807, 2.05) is 0 Å². The molecule has 2 rings (SSSR count). The maximum absolute atomic E-state index is 12.6. The summed E-state index contributed by atoms with van der Waals surface area (Å²) in [4.78, 5) is 49.5. The van der Waals surface area contributed by atoms with Crippen LogP contribution in [0.25, 0.3) is 0 Å². The van der Waals surface area contributed by atoms with Crippen LogP contribution in [0.2, 0.25) is 0 Å². The van der Waals surface area contributed by atoms with Gasteiger partial charge in [0.05, 0.1) is 23.5 Å². The molecule has 2 atom stereocenters. The summed E-state index contributed by atoms with van der Waals surface area (Å²) in [6.45, 7) is 8.69. The van der Waals surface area contributed by atoms with Gasteiger partial charge in [0.1, 0.15) is 11.6 Å². The first-order valence-electron chi connectivity index (χ1n) is 8.43. The van der Waals surface area contributed by atoms with Gasteiger partial charge in [0.25, 0.3) is 11.8 Å². The van der Waals surface area contributed by atoms with Gasteiger partial charge in [0, 0.05) is 0 Å². The highest BCUT2D eigenvalue weighted by molar-refractivity contribution is 7.99. The number of carbonyl (C=O) groups is 4. The topological polar surface area (TPSA) is 102 Å². The molecule has 0 bridgehead atoms. The van der Waals surface area contributed by atoms with Crippen molar-refractivity contribution in [2.45, 2.75) is 37.7 Å². The Morgan fingerprint density at radius 1 is 1.18 bits per heavy atom. The molecule has 1 aromatic rings. The van der Waals surface area contributed by atoms with Crippen molar-refractivity contribution >= 4 is 35.8 Å². The molecule has 0 fully saturated rings. The van der Waals surface area contributed by atoms with Gasteiger partial charge in [-0.3, -0.25) is 9.59 Å². The molecule has 1 N–H and O–H groups in total. The quantitative estimate of drug-likeness (QED) is 0.335. The van der Waals surface area contributed by atoms with Crippen LogP contribution < -0.4 is 5.32 Å². The molecule has 1 aromatic carbocycles. The molecular formula is C19H22N2O6S. The van der Waals surface area contributed by atoms with Gasteiger partial charge < -0.3 is 14.8 Å². The zero-order chi connectivity index (χ0) is 21.1. The monoisotopic (exact) mass is 406 g/mol. The van der Waals surface area contributed by atoms with Crippen molar-refractivity contribution in [1.82, 2.24) is 9.62 Å². The summed E-state index contributed by atoms with van der Waals surface area (Å²) in [7, 11) is 1.17. The summed E-state index contributed by atoms with van der Waals surface area (Å²) in [5.41, 5.74) is -0.223. The highest BCUT2D eigenvalue weighted by atomic mass is 32.2. The van der Waals surface area contributed by atoms with E-state index < -0.39 is 40.8 Å². The number of hydrogen-bond acceptors (Lipinski definition) is 7. The van der Waals surface area contributed by atoms with Crippen molar-refractivity contribution in [2.75, 3.05) is 7.11 Å². The smallest absolute Gasteiger partial charge is 0.408 e. The third-order valence-corrected chi connectivity index (χ3v) is 4.92. The van der Waals surface area contributed by atoms with Crippen LogP contribution in [-0.4, -0.2) is 52.2 Å². The van der Waals surface area contributed by atoms with E-state index in [1.165, 1.54) is 13.2 Å². The molecule has 150 valence electrons. The fourth-order valence-corrected chi connectivity index (χ4v) is 3.48. The predicted molar refractivity (Wildman–Crippen MR) is 104 cm³/mol. The van der Waals surface area contributed by atoms with Crippen LogP contribution in [0.4, 0.5) is 4.79 Å². The Morgan fingerprint density at radius 3 is 2.14 bits per heavy atom. The number of ether oxygens (including phenoxy) is 2. The van der Waals surface area contributed by atoms with Crippen LogP contribution in [0, 0.1) is 0 Å². The minimum atomic E-state index is -1.22. The number of nitrogens with one attached hydrogen (secondary N) is 1. The number of rotatable bonds is 6. The van der Waals surface area contributed by atoms with E-state index in [9.17, 15) is 19.2 Å². The summed E-state index contributed by atoms with van der Waals surface area (Å²) in [5, 5.41) is 1.56. The molecule has 1 aliphatic rings. The normalized spacial score (nSPS) is 15.5. The number of imide groups is 1. The van der Waals surface area contributed by atoms with Gasteiger partial charge in [-0.05, 0) is 44.9 Å². The Bertz CT molecular complexity index is 782. The minimum Gasteiger partial charge on any atom is -0.467 e. The Balaban J connectivity index is 2.21. The van der Waals surface area contributed by atoms with Crippen molar-refractivity contribution in [2.24, 2.45) is 0 Å². The molecule has 0 aliphatic carbocycles. The number of amides is 3. The lowest BCUT2D eigenvalue weighted by Crippen LogP contribution is -2.50. The lowest BCUT2D eigenvalue weighted by molar-refractivity contribution is -0.142. The van der Waals surface area contributed by atoms with Gasteiger partial charge in [-0.15, -0.1) is 6.58 Å². The standard InChI is InChI=1S/C19H22N2O6S/c1-6-13(14(17(24)26-5)20-18(25)27-19(2,3)4)28-21-15(22)11-9-7-8-10-12(11)16(21)23/h6-10,13-14H,1H2,2-5H3,(H,20,25)/t13-,14+/m0/s1. The van der Waals surface area contributed by atoms with Gasteiger partial charge in [-0.1, -0.05) is 18.2 Å². The molecule has 0 unspecified atom stereocenters. The zero-order valence-corrected chi connectivity index (χ0v) is 16.9. The molecule has 3 amide bonds. The predicted octanol–water partition coefficient (Wildman–Crippen LogP) is 2.55. The molecule has 28 heavy (non-hydrogen) atoms. The molecule has 0 aromatic heterocycles. The highest BCUT2D eigenvalue weighted by Gasteiger charge is 2.40. The fourth-order valence-electron chi connectivity index (χ4n) is 2.46. The van der Waals surface area contributed by atoms with Gasteiger partial charge in [0.2, 0.25) is 0 Å². The molecule has 9 heteroatoms. The first kappa shape index (κ1) is 21.5. The van der Waals surface area contributed by atoms with Crippen LogP contribution >= 0.6 is 11.9 Å². The van der Waals surface area contributed by atoms with E-state index in [0.717, 1.165) is 16.3 Å². The largest absolute Gasteiger partial charge is 0.467 e. The first-order valence-corrected chi connectivity index (χ1v) is 9.27.